The quantitative estimate of drug-likeness (QED) is 0.746. The number of benzene rings is 2. The fourth-order valence-corrected chi connectivity index (χ4v) is 2.64. The molecule has 0 saturated heterocycles. The number of hydrogen-bond acceptors (Lipinski definition) is 3. The molecular weight excluding hydrogens is 264 g/mol. The Morgan fingerprint density at radius 1 is 1.00 bits per heavy atom. The minimum absolute atomic E-state index is 0.0197. The van der Waals surface area contributed by atoms with E-state index in [2.05, 4.69) is 0 Å². The molecule has 21 heavy (non-hydrogen) atoms. The van der Waals surface area contributed by atoms with Crippen molar-refractivity contribution < 1.29 is 9.52 Å². The second kappa shape index (κ2) is 5.94. The van der Waals surface area contributed by atoms with E-state index in [-0.39, 0.29) is 18.2 Å². The molecular formula is C18H16O3. The van der Waals surface area contributed by atoms with E-state index in [1.54, 1.807) is 6.07 Å². The fraction of sp³-hybridized carbons (Fsp3) is 0.167. The number of fused-ring (bicyclic) bond motifs is 1. The van der Waals surface area contributed by atoms with Crippen molar-refractivity contribution in [1.82, 2.24) is 0 Å². The van der Waals surface area contributed by atoms with Crippen molar-refractivity contribution in [3.8, 4) is 0 Å². The second-order valence-corrected chi connectivity index (χ2v) is 5.00. The van der Waals surface area contributed by atoms with Crippen molar-refractivity contribution in [2.75, 3.05) is 6.61 Å². The first kappa shape index (κ1) is 13.6. The van der Waals surface area contributed by atoms with Gasteiger partial charge in [-0.1, -0.05) is 48.5 Å². The van der Waals surface area contributed by atoms with Crippen molar-refractivity contribution >= 4 is 11.0 Å². The molecule has 0 fully saturated rings. The number of aliphatic hydroxyl groups excluding tert-OH is 1. The van der Waals surface area contributed by atoms with Crippen LogP contribution in [0.3, 0.4) is 0 Å². The van der Waals surface area contributed by atoms with Gasteiger partial charge in [-0.2, -0.15) is 0 Å². The molecule has 1 unspecified atom stereocenters. The Kier molecular flexibility index (Phi) is 3.84. The van der Waals surface area contributed by atoms with Crippen LogP contribution in [0, 0.1) is 0 Å². The number of aliphatic hydroxyl groups is 1. The lowest BCUT2D eigenvalue weighted by Gasteiger charge is -2.15. The molecule has 3 rings (SSSR count). The summed E-state index contributed by atoms with van der Waals surface area (Å²) >= 11 is 0. The van der Waals surface area contributed by atoms with Crippen LogP contribution in [0.15, 0.2) is 69.9 Å². The van der Waals surface area contributed by atoms with Crippen molar-refractivity contribution in [3.63, 3.8) is 0 Å². The van der Waals surface area contributed by atoms with Crippen LogP contribution < -0.4 is 5.63 Å². The highest BCUT2D eigenvalue weighted by atomic mass is 16.4. The maximum Gasteiger partial charge on any atom is 0.340 e. The second-order valence-electron chi connectivity index (χ2n) is 5.00. The molecule has 0 bridgehead atoms. The van der Waals surface area contributed by atoms with Gasteiger partial charge in [0, 0.05) is 23.5 Å². The number of rotatable bonds is 4. The molecule has 0 aliphatic heterocycles. The van der Waals surface area contributed by atoms with E-state index in [4.69, 9.17) is 4.42 Å². The molecule has 1 atom stereocenters. The van der Waals surface area contributed by atoms with E-state index in [0.29, 0.717) is 17.6 Å². The Morgan fingerprint density at radius 3 is 2.48 bits per heavy atom. The maximum atomic E-state index is 12.3. The lowest BCUT2D eigenvalue weighted by molar-refractivity contribution is 0.281. The van der Waals surface area contributed by atoms with E-state index in [0.717, 1.165) is 10.9 Å². The molecule has 3 nitrogen and oxygen atoms in total. The van der Waals surface area contributed by atoms with Crippen LogP contribution in [0.1, 0.15) is 23.5 Å². The van der Waals surface area contributed by atoms with Gasteiger partial charge in [0.15, 0.2) is 0 Å². The van der Waals surface area contributed by atoms with Gasteiger partial charge in [-0.3, -0.25) is 0 Å². The lowest BCUT2D eigenvalue weighted by Crippen LogP contribution is -2.14. The van der Waals surface area contributed by atoms with Crippen LogP contribution in [0.2, 0.25) is 0 Å². The standard InChI is InChI=1S/C18H16O3/c19-11-10-15(13-6-2-1-3-7-13)16-12-14-8-4-5-9-17(14)21-18(16)20/h1-9,12,15,19H,10-11H2. The normalized spacial score (nSPS) is 12.4. The molecule has 0 amide bonds. The lowest BCUT2D eigenvalue weighted by atomic mass is 9.89. The van der Waals surface area contributed by atoms with Crippen LogP contribution in [0.5, 0.6) is 0 Å². The van der Waals surface area contributed by atoms with Crippen molar-refractivity contribution in [2.45, 2.75) is 12.3 Å². The third-order valence-electron chi connectivity index (χ3n) is 3.66. The predicted octanol–water partition coefficient (Wildman–Crippen LogP) is 3.31. The smallest absolute Gasteiger partial charge is 0.340 e. The zero-order chi connectivity index (χ0) is 14.7. The Bertz CT molecular complexity index is 790. The average Bonchev–Trinajstić information content (AvgIpc) is 2.53. The molecule has 0 radical (unpaired) electrons. The summed E-state index contributed by atoms with van der Waals surface area (Å²) in [6.07, 6.45) is 0.493. The molecule has 1 N–H and O–H groups in total. The number of hydrogen-bond donors (Lipinski definition) is 1. The van der Waals surface area contributed by atoms with Crippen LogP contribution in [0.25, 0.3) is 11.0 Å². The molecule has 106 valence electrons. The van der Waals surface area contributed by atoms with Crippen LogP contribution in [0.4, 0.5) is 0 Å². The topological polar surface area (TPSA) is 50.4 Å². The largest absolute Gasteiger partial charge is 0.423 e. The van der Waals surface area contributed by atoms with E-state index in [1.165, 1.54) is 0 Å². The Balaban J connectivity index is 2.15. The monoisotopic (exact) mass is 280 g/mol. The van der Waals surface area contributed by atoms with Crippen LogP contribution in [-0.2, 0) is 0 Å². The Labute approximate surface area is 122 Å². The molecule has 0 spiro atoms. The first-order valence-electron chi connectivity index (χ1n) is 6.98. The van der Waals surface area contributed by atoms with Crippen molar-refractivity contribution in [2.24, 2.45) is 0 Å². The summed E-state index contributed by atoms with van der Waals surface area (Å²) in [6.45, 7) is 0.0197. The van der Waals surface area contributed by atoms with E-state index < -0.39 is 0 Å². The molecule has 0 aliphatic carbocycles. The Morgan fingerprint density at radius 2 is 1.71 bits per heavy atom. The van der Waals surface area contributed by atoms with Gasteiger partial charge in [0.2, 0.25) is 0 Å². The highest BCUT2D eigenvalue weighted by Gasteiger charge is 2.18. The van der Waals surface area contributed by atoms with Crippen LogP contribution >= 0.6 is 0 Å². The average molecular weight is 280 g/mol. The molecule has 3 aromatic rings. The molecule has 1 aromatic heterocycles. The Hall–Kier alpha value is -2.39. The fourth-order valence-electron chi connectivity index (χ4n) is 2.64. The van der Waals surface area contributed by atoms with Gasteiger partial charge in [0.1, 0.15) is 5.58 Å². The van der Waals surface area contributed by atoms with Crippen LogP contribution in [-0.4, -0.2) is 11.7 Å². The summed E-state index contributed by atoms with van der Waals surface area (Å²) in [5.74, 6) is -0.156. The molecule has 0 aliphatic rings. The van der Waals surface area contributed by atoms with Gasteiger partial charge < -0.3 is 9.52 Å². The first-order chi connectivity index (χ1) is 10.3. The maximum absolute atomic E-state index is 12.3. The third-order valence-corrected chi connectivity index (χ3v) is 3.66. The minimum Gasteiger partial charge on any atom is -0.423 e. The van der Waals surface area contributed by atoms with Gasteiger partial charge in [0.25, 0.3) is 0 Å². The highest BCUT2D eigenvalue weighted by Crippen LogP contribution is 2.27. The van der Waals surface area contributed by atoms with Gasteiger partial charge in [0.05, 0.1) is 0 Å². The van der Waals surface area contributed by atoms with E-state index in [1.807, 2.05) is 54.6 Å². The summed E-state index contributed by atoms with van der Waals surface area (Å²) in [6, 6.07) is 19.1. The SMILES string of the molecule is O=c1oc2ccccc2cc1C(CCO)c1ccccc1. The molecule has 3 heteroatoms. The summed E-state index contributed by atoms with van der Waals surface area (Å²) in [4.78, 5) is 12.3. The van der Waals surface area contributed by atoms with E-state index in [9.17, 15) is 9.90 Å². The molecule has 0 saturated carbocycles. The highest BCUT2D eigenvalue weighted by molar-refractivity contribution is 5.76. The van der Waals surface area contributed by atoms with E-state index >= 15 is 0 Å². The summed E-state index contributed by atoms with van der Waals surface area (Å²) < 4.78 is 5.40. The summed E-state index contributed by atoms with van der Waals surface area (Å²) in [7, 11) is 0. The third kappa shape index (κ3) is 2.73. The summed E-state index contributed by atoms with van der Waals surface area (Å²) in [5, 5.41) is 10.2. The zero-order valence-electron chi connectivity index (χ0n) is 11.5. The number of para-hydroxylation sites is 1. The first-order valence-corrected chi connectivity index (χ1v) is 6.98. The van der Waals surface area contributed by atoms with Gasteiger partial charge in [-0.05, 0) is 24.1 Å². The van der Waals surface area contributed by atoms with Gasteiger partial charge in [-0.25, -0.2) is 4.79 Å². The molecule has 1 heterocycles. The van der Waals surface area contributed by atoms with Gasteiger partial charge in [-0.15, -0.1) is 0 Å². The zero-order valence-corrected chi connectivity index (χ0v) is 11.5. The van der Waals surface area contributed by atoms with Gasteiger partial charge >= 0.3 is 5.63 Å². The predicted molar refractivity (Wildman–Crippen MR) is 82.5 cm³/mol. The van der Waals surface area contributed by atoms with Crippen molar-refractivity contribution in [1.29, 1.82) is 0 Å². The minimum atomic E-state index is -0.337. The summed E-state index contributed by atoms with van der Waals surface area (Å²) in [5.41, 5.74) is 1.85. The molecule has 2 aromatic carbocycles. The van der Waals surface area contributed by atoms with Crippen molar-refractivity contribution in [3.05, 3.63) is 82.2 Å².